The third-order valence-corrected chi connectivity index (χ3v) is 5.64. The molecular weight excluding hydrogens is 338 g/mol. The van der Waals surface area contributed by atoms with Gasteiger partial charge in [0.1, 0.15) is 22.2 Å². The zero-order valence-electron chi connectivity index (χ0n) is 13.7. The second kappa shape index (κ2) is 6.00. The lowest BCUT2D eigenvalue weighted by atomic mass is 9.97. The first kappa shape index (κ1) is 15.8. The van der Waals surface area contributed by atoms with Crippen molar-refractivity contribution in [3.63, 3.8) is 0 Å². The van der Waals surface area contributed by atoms with Crippen LogP contribution in [-0.4, -0.2) is 26.1 Å². The molecule has 2 N–H and O–H groups in total. The van der Waals surface area contributed by atoms with E-state index in [1.165, 1.54) is 34.0 Å². The fourth-order valence-electron chi connectivity index (χ4n) is 3.20. The Morgan fingerprint density at radius 3 is 2.88 bits per heavy atom. The molecule has 4 rings (SSSR count). The van der Waals surface area contributed by atoms with E-state index in [4.69, 9.17) is 0 Å². The minimum atomic E-state index is -0.170. The van der Waals surface area contributed by atoms with E-state index in [9.17, 15) is 15.0 Å². The Labute approximate surface area is 147 Å². The number of aromatic nitrogens is 2. The van der Waals surface area contributed by atoms with Crippen molar-refractivity contribution in [2.24, 2.45) is 5.10 Å². The van der Waals surface area contributed by atoms with Gasteiger partial charge < -0.3 is 10.2 Å². The molecule has 0 spiro atoms. The van der Waals surface area contributed by atoms with Gasteiger partial charge in [-0.2, -0.15) is 9.78 Å². The van der Waals surface area contributed by atoms with Gasteiger partial charge in [-0.25, -0.2) is 4.98 Å². The van der Waals surface area contributed by atoms with E-state index in [2.05, 4.69) is 10.1 Å². The molecule has 0 saturated carbocycles. The van der Waals surface area contributed by atoms with E-state index in [-0.39, 0.29) is 17.1 Å². The molecule has 0 bridgehead atoms. The topological polar surface area (TPSA) is 87.7 Å². The molecule has 128 valence electrons. The predicted octanol–water partition coefficient (Wildman–Crippen LogP) is 2.94. The normalized spacial score (nSPS) is 14.3. The molecule has 0 fully saturated rings. The summed E-state index contributed by atoms with van der Waals surface area (Å²) < 4.78 is 1.27. The number of hydrogen-bond donors (Lipinski definition) is 2. The number of rotatable bonds is 2. The van der Waals surface area contributed by atoms with Gasteiger partial charge in [0.2, 0.25) is 0 Å². The smallest absolute Gasteiger partial charge is 0.283 e. The monoisotopic (exact) mass is 355 g/mol. The van der Waals surface area contributed by atoms with Gasteiger partial charge >= 0.3 is 0 Å². The average molecular weight is 355 g/mol. The third kappa shape index (κ3) is 2.70. The van der Waals surface area contributed by atoms with Crippen molar-refractivity contribution in [2.75, 3.05) is 0 Å². The molecule has 0 unspecified atom stereocenters. The summed E-state index contributed by atoms with van der Waals surface area (Å²) >= 11 is 1.61. The van der Waals surface area contributed by atoms with Crippen molar-refractivity contribution in [3.8, 4) is 11.5 Å². The lowest BCUT2D eigenvalue weighted by Gasteiger charge is -2.10. The summed E-state index contributed by atoms with van der Waals surface area (Å²) in [6, 6.07) is 4.22. The first-order valence-electron chi connectivity index (χ1n) is 8.15. The van der Waals surface area contributed by atoms with Crippen molar-refractivity contribution in [1.29, 1.82) is 0 Å². The van der Waals surface area contributed by atoms with Crippen LogP contribution in [-0.2, 0) is 12.8 Å². The number of thiophene rings is 1. The van der Waals surface area contributed by atoms with Crippen LogP contribution in [0.4, 0.5) is 0 Å². The van der Waals surface area contributed by atoms with E-state index in [0.29, 0.717) is 16.8 Å². The standard InChI is InChI=1S/C18H17N3O3S/c1-10-20-17-16(13-4-2-3-5-15(13)25-17)18(24)21(10)19-9-11-6-7-12(22)8-14(11)23/h6-9,22-23H,2-5H2,1H3/b19-9-. The molecule has 1 aromatic carbocycles. The van der Waals surface area contributed by atoms with Crippen molar-refractivity contribution in [1.82, 2.24) is 9.66 Å². The molecule has 0 radical (unpaired) electrons. The van der Waals surface area contributed by atoms with Crippen molar-refractivity contribution in [3.05, 3.63) is 50.4 Å². The maximum absolute atomic E-state index is 13.0. The summed E-state index contributed by atoms with van der Waals surface area (Å²) in [4.78, 5) is 19.6. The summed E-state index contributed by atoms with van der Waals surface area (Å²) in [5.74, 6) is 0.373. The molecular formula is C18H17N3O3S. The molecule has 25 heavy (non-hydrogen) atoms. The Morgan fingerprint density at radius 2 is 2.08 bits per heavy atom. The largest absolute Gasteiger partial charge is 0.508 e. The van der Waals surface area contributed by atoms with Gasteiger partial charge in [0.25, 0.3) is 5.56 Å². The van der Waals surface area contributed by atoms with Crippen molar-refractivity contribution in [2.45, 2.75) is 32.6 Å². The van der Waals surface area contributed by atoms with Crippen LogP contribution in [0.25, 0.3) is 10.2 Å². The number of nitrogens with zero attached hydrogens (tertiary/aromatic N) is 3. The number of hydrogen-bond acceptors (Lipinski definition) is 6. The number of phenols is 2. The summed E-state index contributed by atoms with van der Waals surface area (Å²) in [6.45, 7) is 1.74. The Balaban J connectivity index is 1.84. The first-order valence-corrected chi connectivity index (χ1v) is 8.96. The van der Waals surface area contributed by atoms with E-state index in [1.54, 1.807) is 18.3 Å². The minimum Gasteiger partial charge on any atom is -0.508 e. The van der Waals surface area contributed by atoms with Crippen LogP contribution in [0.1, 0.15) is 34.7 Å². The Hall–Kier alpha value is -2.67. The second-order valence-corrected chi connectivity index (χ2v) is 7.24. The lowest BCUT2D eigenvalue weighted by Crippen LogP contribution is -2.21. The summed E-state index contributed by atoms with van der Waals surface area (Å²) in [6.07, 6.45) is 5.58. The Kier molecular flexibility index (Phi) is 3.80. The molecule has 0 saturated heterocycles. The number of fused-ring (bicyclic) bond motifs is 3. The summed E-state index contributed by atoms with van der Waals surface area (Å²) in [5, 5.41) is 24.1. The minimum absolute atomic E-state index is 0.0315. The second-order valence-electron chi connectivity index (χ2n) is 6.15. The molecule has 3 aromatic rings. The van der Waals surface area contributed by atoms with Crippen molar-refractivity contribution < 1.29 is 10.2 Å². The van der Waals surface area contributed by atoms with E-state index in [0.717, 1.165) is 36.1 Å². The van der Waals surface area contributed by atoms with Crippen LogP contribution in [0.3, 0.4) is 0 Å². The Bertz CT molecular complexity index is 1070. The van der Waals surface area contributed by atoms with E-state index < -0.39 is 0 Å². The molecule has 2 aromatic heterocycles. The van der Waals surface area contributed by atoms with Crippen LogP contribution in [0.5, 0.6) is 11.5 Å². The first-order chi connectivity index (χ1) is 12.0. The van der Waals surface area contributed by atoms with Gasteiger partial charge in [-0.05, 0) is 50.3 Å². The van der Waals surface area contributed by atoms with Gasteiger partial charge in [-0.3, -0.25) is 4.79 Å². The number of aromatic hydroxyl groups is 2. The molecule has 0 amide bonds. The highest BCUT2D eigenvalue weighted by Crippen LogP contribution is 2.33. The van der Waals surface area contributed by atoms with Crippen LogP contribution >= 0.6 is 11.3 Å². The van der Waals surface area contributed by atoms with Crippen LogP contribution < -0.4 is 5.56 Å². The van der Waals surface area contributed by atoms with Gasteiger partial charge in [-0.1, -0.05) is 0 Å². The molecule has 0 aliphatic heterocycles. The van der Waals surface area contributed by atoms with Gasteiger partial charge in [0.05, 0.1) is 11.6 Å². The average Bonchev–Trinajstić information content (AvgIpc) is 2.94. The van der Waals surface area contributed by atoms with Gasteiger partial charge in [-0.15, -0.1) is 11.3 Å². The van der Waals surface area contributed by atoms with Gasteiger partial charge in [0.15, 0.2) is 0 Å². The highest BCUT2D eigenvalue weighted by Gasteiger charge is 2.21. The quantitative estimate of drug-likeness (QED) is 0.692. The highest BCUT2D eigenvalue weighted by molar-refractivity contribution is 7.18. The van der Waals surface area contributed by atoms with Crippen LogP contribution in [0.15, 0.2) is 28.1 Å². The van der Waals surface area contributed by atoms with Gasteiger partial charge in [0, 0.05) is 16.5 Å². The molecule has 6 nitrogen and oxygen atoms in total. The number of benzene rings is 1. The maximum Gasteiger partial charge on any atom is 0.283 e. The van der Waals surface area contributed by atoms with Crippen LogP contribution in [0.2, 0.25) is 0 Å². The van der Waals surface area contributed by atoms with E-state index >= 15 is 0 Å². The zero-order valence-corrected chi connectivity index (χ0v) is 14.5. The highest BCUT2D eigenvalue weighted by atomic mass is 32.1. The molecule has 7 heteroatoms. The number of aryl methyl sites for hydroxylation is 3. The molecule has 1 aliphatic rings. The fraction of sp³-hybridized carbons (Fsp3) is 0.278. The molecule has 2 heterocycles. The SMILES string of the molecule is Cc1nc2sc3c(c2c(=O)n1/N=C\c1ccc(O)cc1O)CCCC3. The third-order valence-electron chi connectivity index (χ3n) is 4.46. The maximum atomic E-state index is 13.0. The number of phenolic OH excluding ortho intramolecular Hbond substituents is 2. The van der Waals surface area contributed by atoms with E-state index in [1.807, 2.05) is 0 Å². The molecule has 1 aliphatic carbocycles. The molecule has 0 atom stereocenters. The summed E-state index contributed by atoms with van der Waals surface area (Å²) in [7, 11) is 0. The summed E-state index contributed by atoms with van der Waals surface area (Å²) in [5.41, 5.74) is 1.37. The van der Waals surface area contributed by atoms with Crippen molar-refractivity contribution >= 4 is 27.8 Å². The van der Waals surface area contributed by atoms with Crippen LogP contribution in [0, 0.1) is 6.92 Å². The zero-order chi connectivity index (χ0) is 17.6. The Morgan fingerprint density at radius 1 is 1.28 bits per heavy atom. The predicted molar refractivity (Wildman–Crippen MR) is 98.0 cm³/mol. The fourth-order valence-corrected chi connectivity index (χ4v) is 4.49. The lowest BCUT2D eigenvalue weighted by molar-refractivity contribution is 0.450.